The van der Waals surface area contributed by atoms with Gasteiger partial charge in [0.2, 0.25) is 11.8 Å². The summed E-state index contributed by atoms with van der Waals surface area (Å²) < 4.78 is 19.4. The van der Waals surface area contributed by atoms with Crippen LogP contribution in [0.4, 0.5) is 15.0 Å². The van der Waals surface area contributed by atoms with E-state index in [4.69, 9.17) is 16.3 Å². The van der Waals surface area contributed by atoms with Crippen LogP contribution in [0.15, 0.2) is 54.7 Å². The number of benzene rings is 2. The third kappa shape index (κ3) is 9.37. The number of hydrogen-bond donors (Lipinski definition) is 1. The van der Waals surface area contributed by atoms with Crippen molar-refractivity contribution in [2.24, 2.45) is 0 Å². The summed E-state index contributed by atoms with van der Waals surface area (Å²) in [6.07, 6.45) is 1.80. The summed E-state index contributed by atoms with van der Waals surface area (Å²) >= 11 is 6.07. The van der Waals surface area contributed by atoms with Crippen LogP contribution in [0.2, 0.25) is 5.02 Å². The zero-order valence-corrected chi connectivity index (χ0v) is 25.6. The van der Waals surface area contributed by atoms with Crippen LogP contribution in [0, 0.1) is 5.82 Å². The highest BCUT2D eigenvalue weighted by atomic mass is 35.5. The number of pyridine rings is 1. The number of aromatic nitrogens is 1. The summed E-state index contributed by atoms with van der Waals surface area (Å²) in [5.41, 5.74) is 0.536. The number of hydrogen-bond acceptors (Lipinski definition) is 6. The van der Waals surface area contributed by atoms with Gasteiger partial charge in [0.05, 0.1) is 11.1 Å². The minimum atomic E-state index is -0.712. The van der Waals surface area contributed by atoms with Gasteiger partial charge < -0.3 is 14.5 Å². The van der Waals surface area contributed by atoms with Gasteiger partial charge in [0.25, 0.3) is 0 Å². The summed E-state index contributed by atoms with van der Waals surface area (Å²) in [6, 6.07) is 13.8. The van der Waals surface area contributed by atoms with Crippen LogP contribution in [-0.4, -0.2) is 89.5 Å². The van der Waals surface area contributed by atoms with Gasteiger partial charge in [-0.15, -0.1) is 0 Å². The molecule has 0 radical (unpaired) electrons. The summed E-state index contributed by atoms with van der Waals surface area (Å²) in [5.74, 6) is -0.424. The number of halogens is 2. The molecule has 3 aromatic rings. The molecule has 1 atom stereocenters. The average Bonchev–Trinajstić information content (AvgIpc) is 3.01. The van der Waals surface area contributed by atoms with E-state index in [-0.39, 0.29) is 50.1 Å². The predicted octanol–water partition coefficient (Wildman–Crippen LogP) is 6.00. The molecule has 9 nitrogen and oxygen atoms in total. The normalized spacial score (nSPS) is 14.2. The first-order chi connectivity index (χ1) is 20.6. The molecule has 1 fully saturated rings. The topological polar surface area (TPSA) is 95.1 Å². The Morgan fingerprint density at radius 3 is 2.45 bits per heavy atom. The van der Waals surface area contributed by atoms with Crippen molar-refractivity contribution in [2.45, 2.75) is 59.0 Å². The Bertz CT molecular complexity index is 1430. The lowest BCUT2D eigenvalue weighted by molar-refractivity contribution is -0.136. The zero-order chi connectivity index (χ0) is 30.9. The van der Waals surface area contributed by atoms with E-state index in [9.17, 15) is 18.8 Å². The van der Waals surface area contributed by atoms with Gasteiger partial charge in [-0.3, -0.25) is 19.8 Å². The van der Waals surface area contributed by atoms with Crippen LogP contribution in [0.3, 0.4) is 0 Å². The lowest BCUT2D eigenvalue weighted by Gasteiger charge is -2.37. The highest BCUT2D eigenvalue weighted by Gasteiger charge is 2.26. The van der Waals surface area contributed by atoms with E-state index in [0.29, 0.717) is 36.9 Å². The van der Waals surface area contributed by atoms with Crippen molar-refractivity contribution < 1.29 is 23.5 Å². The Balaban J connectivity index is 0.00000529. The number of aryl methyl sites for hydroxylation is 1. The first kappa shape index (κ1) is 34.7. The number of anilines is 1. The van der Waals surface area contributed by atoms with E-state index in [2.05, 4.69) is 29.0 Å². The van der Waals surface area contributed by atoms with Gasteiger partial charge in [-0.05, 0) is 49.8 Å². The molecule has 2 heterocycles. The minimum absolute atomic E-state index is 0. The van der Waals surface area contributed by atoms with Crippen molar-refractivity contribution in [3.05, 3.63) is 71.1 Å². The van der Waals surface area contributed by atoms with Gasteiger partial charge in [0.15, 0.2) is 0 Å². The third-order valence-electron chi connectivity index (χ3n) is 7.94. The summed E-state index contributed by atoms with van der Waals surface area (Å²) in [5, 5.41) is 4.50. The summed E-state index contributed by atoms with van der Waals surface area (Å²) in [7, 11) is 1.62. The largest absolute Gasteiger partial charge is 0.447 e. The molecule has 1 saturated heterocycles. The maximum atomic E-state index is 13.9. The van der Waals surface area contributed by atoms with E-state index in [1.807, 2.05) is 29.2 Å². The van der Waals surface area contributed by atoms with E-state index in [0.717, 1.165) is 23.9 Å². The molecule has 2 aromatic carbocycles. The van der Waals surface area contributed by atoms with Crippen LogP contribution in [0.25, 0.3) is 10.8 Å². The number of piperazine rings is 1. The SMILES string of the molecule is C.CC(C)N1CCN(C(=O)CC[C@@H](COC(=O)Nc2cc3ccccc3cn2)N(C)C(=O)CCc2cccc(F)c2Cl)CC1. The minimum Gasteiger partial charge on any atom is -0.447 e. The molecule has 238 valence electrons. The zero-order valence-electron chi connectivity index (χ0n) is 24.9. The fourth-order valence-electron chi connectivity index (χ4n) is 5.15. The Morgan fingerprint density at radius 2 is 1.75 bits per heavy atom. The Hall–Kier alpha value is -3.76. The van der Waals surface area contributed by atoms with Crippen LogP contribution < -0.4 is 5.32 Å². The number of carbonyl (C=O) groups is 3. The molecule has 1 aliphatic heterocycles. The number of ether oxygens (including phenoxy) is 1. The molecular weight excluding hydrogens is 585 g/mol. The molecule has 1 aromatic heterocycles. The van der Waals surface area contributed by atoms with Crippen LogP contribution in [0.1, 0.15) is 46.1 Å². The average molecular weight is 628 g/mol. The van der Waals surface area contributed by atoms with Crippen LogP contribution in [0.5, 0.6) is 0 Å². The maximum absolute atomic E-state index is 13.9. The number of amides is 3. The first-order valence-corrected chi connectivity index (χ1v) is 15.0. The van der Waals surface area contributed by atoms with Crippen molar-refractivity contribution in [1.29, 1.82) is 0 Å². The van der Waals surface area contributed by atoms with Gasteiger partial charge in [-0.1, -0.05) is 55.4 Å². The highest BCUT2D eigenvalue weighted by Crippen LogP contribution is 2.22. The maximum Gasteiger partial charge on any atom is 0.412 e. The van der Waals surface area contributed by atoms with E-state index in [1.54, 1.807) is 31.4 Å². The summed E-state index contributed by atoms with van der Waals surface area (Å²) in [4.78, 5) is 48.9. The van der Waals surface area contributed by atoms with Crippen molar-refractivity contribution >= 4 is 46.1 Å². The van der Waals surface area contributed by atoms with Crippen molar-refractivity contribution in [2.75, 3.05) is 45.2 Å². The quantitative estimate of drug-likeness (QED) is 0.280. The Labute approximate surface area is 264 Å². The second-order valence-electron chi connectivity index (χ2n) is 11.1. The standard InChI is InChI=1S/C32H39ClFN5O4.CH4/c1-22(2)38-15-17-39(18-16-38)30(41)14-12-26(37(3)29(40)13-11-23-9-6-10-27(34)31(23)33)21-43-32(42)36-28-19-24-7-4-5-8-25(24)20-35-28;/h4-10,19-20,22,26H,11-18,21H2,1-3H3,(H,35,36,42);1H4/t26-;/m0./s1. The number of carbonyl (C=O) groups excluding carboxylic acids is 3. The third-order valence-corrected chi connectivity index (χ3v) is 8.36. The molecule has 11 heteroatoms. The van der Waals surface area contributed by atoms with Gasteiger partial charge in [0, 0.05) is 63.7 Å². The van der Waals surface area contributed by atoms with Crippen LogP contribution >= 0.6 is 11.6 Å². The second kappa shape index (κ2) is 16.4. The van der Waals surface area contributed by atoms with Crippen molar-refractivity contribution in [3.63, 3.8) is 0 Å². The van der Waals surface area contributed by atoms with E-state index in [1.165, 1.54) is 11.0 Å². The molecule has 0 spiro atoms. The van der Waals surface area contributed by atoms with Gasteiger partial charge >= 0.3 is 6.09 Å². The molecular formula is C33H43ClFN5O4. The molecule has 0 unspecified atom stereocenters. The highest BCUT2D eigenvalue weighted by molar-refractivity contribution is 6.31. The molecule has 1 aliphatic rings. The van der Waals surface area contributed by atoms with Crippen LogP contribution in [-0.2, 0) is 20.7 Å². The van der Waals surface area contributed by atoms with E-state index >= 15 is 0 Å². The van der Waals surface area contributed by atoms with Gasteiger partial charge in [0.1, 0.15) is 18.2 Å². The molecule has 4 rings (SSSR count). The number of nitrogens with one attached hydrogen (secondary N) is 1. The molecule has 3 amide bonds. The molecule has 0 aliphatic carbocycles. The second-order valence-corrected chi connectivity index (χ2v) is 11.4. The van der Waals surface area contributed by atoms with Gasteiger partial charge in [-0.2, -0.15) is 0 Å². The number of fused-ring (bicyclic) bond motifs is 1. The summed E-state index contributed by atoms with van der Waals surface area (Å²) in [6.45, 7) is 7.12. The molecule has 0 saturated carbocycles. The lowest BCUT2D eigenvalue weighted by atomic mass is 10.1. The molecule has 1 N–H and O–H groups in total. The fraction of sp³-hybridized carbons (Fsp3) is 0.455. The number of likely N-dealkylation sites (N-methyl/N-ethyl adjacent to an activating group) is 1. The Morgan fingerprint density at radius 1 is 1.05 bits per heavy atom. The molecule has 44 heavy (non-hydrogen) atoms. The van der Waals surface area contributed by atoms with Gasteiger partial charge in [-0.25, -0.2) is 14.2 Å². The van der Waals surface area contributed by atoms with E-state index < -0.39 is 18.0 Å². The Kier molecular flexibility index (Phi) is 12.9. The van der Waals surface area contributed by atoms with Crippen molar-refractivity contribution in [3.8, 4) is 0 Å². The first-order valence-electron chi connectivity index (χ1n) is 14.6. The lowest BCUT2D eigenvalue weighted by Crippen LogP contribution is -2.51. The predicted molar refractivity (Wildman–Crippen MR) is 172 cm³/mol. The fourth-order valence-corrected chi connectivity index (χ4v) is 5.37. The molecule has 0 bridgehead atoms. The number of rotatable bonds is 11. The number of nitrogens with zero attached hydrogens (tertiary/aromatic N) is 4. The monoisotopic (exact) mass is 627 g/mol. The van der Waals surface area contributed by atoms with Crippen molar-refractivity contribution in [1.82, 2.24) is 19.7 Å². The smallest absolute Gasteiger partial charge is 0.412 e.